The van der Waals surface area contributed by atoms with Gasteiger partial charge >= 0.3 is 0 Å². The van der Waals surface area contributed by atoms with Crippen LogP contribution in [0.25, 0.3) is 0 Å². The van der Waals surface area contributed by atoms with Crippen LogP contribution in [0.4, 0.5) is 5.69 Å². The van der Waals surface area contributed by atoms with E-state index in [2.05, 4.69) is 0 Å². The summed E-state index contributed by atoms with van der Waals surface area (Å²) in [5.41, 5.74) is -0.436. The monoisotopic (exact) mass is 229 g/mol. The molecule has 1 aromatic carbocycles. The first kappa shape index (κ1) is 11.5. The zero-order valence-electron chi connectivity index (χ0n) is 8.11. The van der Waals surface area contributed by atoms with Crippen molar-refractivity contribution in [3.8, 4) is 5.75 Å². The molecule has 0 aliphatic heterocycles. The Balaban J connectivity index is 3.51. The molecule has 0 spiro atoms. The number of hydrogen-bond donors (Lipinski definition) is 0. The maximum atomic E-state index is 11.2. The second-order valence-corrected chi connectivity index (χ2v) is 3.17. The molecule has 80 valence electrons. The molecule has 0 aromatic heterocycles. The third-order valence-corrected chi connectivity index (χ3v) is 2.23. The van der Waals surface area contributed by atoms with Crippen molar-refractivity contribution in [2.75, 3.05) is 7.11 Å². The molecular formula is C9H8ClNO4. The maximum Gasteiger partial charge on any atom is 0.281 e. The number of ketones is 1. The maximum absolute atomic E-state index is 11.2. The second kappa shape index (κ2) is 4.27. The minimum absolute atomic E-state index is 0.0285. The van der Waals surface area contributed by atoms with Crippen molar-refractivity contribution in [3.05, 3.63) is 32.8 Å². The van der Waals surface area contributed by atoms with Gasteiger partial charge in [-0.05, 0) is 13.0 Å². The zero-order chi connectivity index (χ0) is 11.6. The molecule has 0 aliphatic rings. The van der Waals surface area contributed by atoms with Crippen LogP contribution in [0.3, 0.4) is 0 Å². The second-order valence-electron chi connectivity index (χ2n) is 2.79. The Morgan fingerprint density at radius 3 is 2.53 bits per heavy atom. The summed E-state index contributed by atoms with van der Waals surface area (Å²) >= 11 is 5.80. The molecule has 0 aliphatic carbocycles. The van der Waals surface area contributed by atoms with E-state index in [9.17, 15) is 14.9 Å². The third kappa shape index (κ3) is 2.07. The number of ether oxygens (including phenoxy) is 1. The molecule has 0 atom stereocenters. The van der Waals surface area contributed by atoms with E-state index in [-0.39, 0.29) is 22.0 Å². The minimum Gasteiger partial charge on any atom is -0.495 e. The van der Waals surface area contributed by atoms with E-state index in [4.69, 9.17) is 16.3 Å². The molecule has 0 amide bonds. The van der Waals surface area contributed by atoms with Crippen LogP contribution in [-0.4, -0.2) is 17.8 Å². The highest BCUT2D eigenvalue weighted by atomic mass is 35.5. The van der Waals surface area contributed by atoms with Gasteiger partial charge in [-0.15, -0.1) is 0 Å². The van der Waals surface area contributed by atoms with Gasteiger partial charge in [-0.25, -0.2) is 0 Å². The SMILES string of the molecule is COc1ccc([N+](=O)[O-])c(C(C)=O)c1Cl. The summed E-state index contributed by atoms with van der Waals surface area (Å²) < 4.78 is 4.86. The Labute approximate surface area is 90.8 Å². The average molecular weight is 230 g/mol. The van der Waals surface area contributed by atoms with Crippen LogP contribution in [-0.2, 0) is 0 Å². The Hall–Kier alpha value is -1.62. The van der Waals surface area contributed by atoms with Gasteiger partial charge in [0.05, 0.1) is 12.0 Å². The number of benzene rings is 1. The number of rotatable bonds is 3. The molecule has 1 aromatic rings. The van der Waals surface area contributed by atoms with Crippen molar-refractivity contribution in [1.29, 1.82) is 0 Å². The number of carbonyl (C=O) groups is 1. The minimum atomic E-state index is -0.651. The number of hydrogen-bond acceptors (Lipinski definition) is 4. The molecule has 15 heavy (non-hydrogen) atoms. The van der Waals surface area contributed by atoms with E-state index in [1.54, 1.807) is 0 Å². The number of carbonyl (C=O) groups excluding carboxylic acids is 1. The quantitative estimate of drug-likeness (QED) is 0.454. The topological polar surface area (TPSA) is 69.4 Å². The lowest BCUT2D eigenvalue weighted by Gasteiger charge is -2.06. The largest absolute Gasteiger partial charge is 0.495 e. The highest BCUT2D eigenvalue weighted by Crippen LogP contribution is 2.34. The standard InChI is InChI=1S/C9H8ClNO4/c1-5(12)8-6(11(13)14)3-4-7(15-2)9(8)10/h3-4H,1-2H3. The number of halogens is 1. The average Bonchev–Trinajstić information content (AvgIpc) is 2.16. The van der Waals surface area contributed by atoms with Gasteiger partial charge in [0.1, 0.15) is 16.3 Å². The molecule has 0 heterocycles. The van der Waals surface area contributed by atoms with Crippen molar-refractivity contribution in [1.82, 2.24) is 0 Å². The summed E-state index contributed by atoms with van der Waals surface area (Å²) in [6.45, 7) is 1.22. The summed E-state index contributed by atoms with van der Waals surface area (Å²) in [5, 5.41) is 10.6. The van der Waals surface area contributed by atoms with Gasteiger partial charge < -0.3 is 4.74 Å². The summed E-state index contributed by atoms with van der Waals surface area (Å²) in [6.07, 6.45) is 0. The molecule has 6 heteroatoms. The summed E-state index contributed by atoms with van der Waals surface area (Å²) in [7, 11) is 1.37. The number of Topliss-reactive ketones (excluding diaryl/α,β-unsaturated/α-hetero) is 1. The Morgan fingerprint density at radius 2 is 2.13 bits per heavy atom. The molecule has 0 saturated heterocycles. The van der Waals surface area contributed by atoms with Crippen LogP contribution in [0.15, 0.2) is 12.1 Å². The fourth-order valence-electron chi connectivity index (χ4n) is 1.19. The summed E-state index contributed by atoms with van der Waals surface area (Å²) in [4.78, 5) is 21.2. The lowest BCUT2D eigenvalue weighted by Crippen LogP contribution is -2.02. The number of nitrogens with zero attached hydrogens (tertiary/aromatic N) is 1. The molecule has 1 rings (SSSR count). The van der Waals surface area contributed by atoms with Gasteiger partial charge in [0.25, 0.3) is 5.69 Å². The molecule has 0 fully saturated rings. The van der Waals surface area contributed by atoms with E-state index in [0.717, 1.165) is 0 Å². The molecule has 0 bridgehead atoms. The molecular weight excluding hydrogens is 222 g/mol. The van der Waals surface area contributed by atoms with Gasteiger partial charge in [-0.3, -0.25) is 14.9 Å². The first-order valence-electron chi connectivity index (χ1n) is 4.00. The number of nitro groups is 1. The Kier molecular flexibility index (Phi) is 3.26. The number of nitro benzene ring substituents is 1. The van der Waals surface area contributed by atoms with E-state index >= 15 is 0 Å². The van der Waals surface area contributed by atoms with Crippen molar-refractivity contribution in [2.45, 2.75) is 6.92 Å². The summed E-state index contributed by atoms with van der Waals surface area (Å²) in [5.74, 6) is -0.224. The van der Waals surface area contributed by atoms with Gasteiger partial charge in [0, 0.05) is 6.07 Å². The molecule has 0 saturated carbocycles. The van der Waals surface area contributed by atoms with Crippen LogP contribution in [0.2, 0.25) is 5.02 Å². The third-order valence-electron chi connectivity index (χ3n) is 1.85. The molecule has 0 unspecified atom stereocenters. The smallest absolute Gasteiger partial charge is 0.281 e. The van der Waals surface area contributed by atoms with Crippen molar-refractivity contribution in [3.63, 3.8) is 0 Å². The first-order chi connectivity index (χ1) is 6.99. The first-order valence-corrected chi connectivity index (χ1v) is 4.38. The Bertz CT molecular complexity index is 430. The van der Waals surface area contributed by atoms with Gasteiger partial charge in [0.15, 0.2) is 5.78 Å². The van der Waals surface area contributed by atoms with E-state index in [0.29, 0.717) is 0 Å². The van der Waals surface area contributed by atoms with Gasteiger partial charge in [-0.1, -0.05) is 11.6 Å². The van der Waals surface area contributed by atoms with Crippen LogP contribution in [0.1, 0.15) is 17.3 Å². The van der Waals surface area contributed by atoms with Crippen molar-refractivity contribution < 1.29 is 14.5 Å². The van der Waals surface area contributed by atoms with Crippen molar-refractivity contribution >= 4 is 23.1 Å². The van der Waals surface area contributed by atoms with E-state index < -0.39 is 10.7 Å². The lowest BCUT2D eigenvalue weighted by atomic mass is 10.1. The lowest BCUT2D eigenvalue weighted by molar-refractivity contribution is -0.385. The highest BCUT2D eigenvalue weighted by molar-refractivity contribution is 6.35. The Morgan fingerprint density at radius 1 is 1.53 bits per heavy atom. The predicted octanol–water partition coefficient (Wildman–Crippen LogP) is 2.46. The van der Waals surface area contributed by atoms with Crippen molar-refractivity contribution in [2.24, 2.45) is 0 Å². The van der Waals surface area contributed by atoms with Crippen LogP contribution >= 0.6 is 11.6 Å². The van der Waals surface area contributed by atoms with E-state index in [1.807, 2.05) is 0 Å². The van der Waals surface area contributed by atoms with Crippen LogP contribution < -0.4 is 4.74 Å². The number of methoxy groups -OCH3 is 1. The van der Waals surface area contributed by atoms with Crippen LogP contribution in [0, 0.1) is 10.1 Å². The fraction of sp³-hybridized carbons (Fsp3) is 0.222. The van der Waals surface area contributed by atoms with Gasteiger partial charge in [-0.2, -0.15) is 0 Å². The van der Waals surface area contributed by atoms with E-state index in [1.165, 1.54) is 26.2 Å². The zero-order valence-corrected chi connectivity index (χ0v) is 8.87. The molecule has 0 radical (unpaired) electrons. The normalized spacial score (nSPS) is 9.80. The highest BCUT2D eigenvalue weighted by Gasteiger charge is 2.23. The molecule has 0 N–H and O–H groups in total. The molecule has 5 nitrogen and oxygen atoms in total. The van der Waals surface area contributed by atoms with Gasteiger partial charge in [0.2, 0.25) is 0 Å². The summed E-state index contributed by atoms with van der Waals surface area (Å²) in [6, 6.07) is 2.55. The predicted molar refractivity (Wildman–Crippen MR) is 54.7 cm³/mol. The fourth-order valence-corrected chi connectivity index (χ4v) is 1.56. The van der Waals surface area contributed by atoms with Crippen LogP contribution in [0.5, 0.6) is 5.75 Å².